The van der Waals surface area contributed by atoms with Gasteiger partial charge in [0.2, 0.25) is 0 Å². The first kappa shape index (κ1) is 23.0. The van der Waals surface area contributed by atoms with E-state index in [1.807, 2.05) is 0 Å². The number of hydrogen-bond donors (Lipinski definition) is 0. The van der Waals surface area contributed by atoms with Crippen LogP contribution in [0.15, 0.2) is 24.3 Å². The summed E-state index contributed by atoms with van der Waals surface area (Å²) in [4.78, 5) is 0. The zero-order chi connectivity index (χ0) is 18.9. The standard InChI is InChI=1S/C23H40O3/c1-4-22-11-13-23(14-12-22)26-19-8-6-5-7-16-24-17-9-10-18-25-20-15-21(2)3/h11-14,21H,4-10,15-20H2,1-3H3. The van der Waals surface area contributed by atoms with Crippen LogP contribution in [-0.2, 0) is 15.9 Å². The first-order valence-corrected chi connectivity index (χ1v) is 10.6. The Kier molecular flexibility index (Phi) is 14.3. The molecule has 3 heteroatoms. The van der Waals surface area contributed by atoms with Crippen LogP contribution in [0, 0.1) is 5.92 Å². The van der Waals surface area contributed by atoms with Crippen LogP contribution in [0.25, 0.3) is 0 Å². The SMILES string of the molecule is CCc1ccc(OCCCCCCOCCCCOCCC(C)C)cc1. The van der Waals surface area contributed by atoms with Crippen molar-refractivity contribution >= 4 is 0 Å². The molecule has 3 nitrogen and oxygen atoms in total. The van der Waals surface area contributed by atoms with Gasteiger partial charge in [-0.25, -0.2) is 0 Å². The van der Waals surface area contributed by atoms with Crippen molar-refractivity contribution in [2.75, 3.05) is 33.0 Å². The second-order valence-electron chi connectivity index (χ2n) is 7.37. The predicted octanol–water partition coefficient (Wildman–Crippen LogP) is 6.05. The zero-order valence-electron chi connectivity index (χ0n) is 17.3. The summed E-state index contributed by atoms with van der Waals surface area (Å²) in [5.74, 6) is 1.72. The van der Waals surface area contributed by atoms with Gasteiger partial charge < -0.3 is 14.2 Å². The molecule has 150 valence electrons. The summed E-state index contributed by atoms with van der Waals surface area (Å²) in [6.07, 6.45) is 9.14. The number of ether oxygens (including phenoxy) is 3. The molecule has 0 aliphatic heterocycles. The lowest BCUT2D eigenvalue weighted by Crippen LogP contribution is -2.03. The van der Waals surface area contributed by atoms with Gasteiger partial charge in [0.25, 0.3) is 0 Å². The van der Waals surface area contributed by atoms with E-state index in [2.05, 4.69) is 45.0 Å². The Balaban J connectivity index is 1.78. The van der Waals surface area contributed by atoms with Gasteiger partial charge in [0.05, 0.1) is 6.61 Å². The largest absolute Gasteiger partial charge is 0.494 e. The van der Waals surface area contributed by atoms with E-state index in [0.29, 0.717) is 0 Å². The molecule has 0 radical (unpaired) electrons. The molecule has 1 aromatic rings. The van der Waals surface area contributed by atoms with Crippen LogP contribution >= 0.6 is 0 Å². The Morgan fingerprint density at radius 3 is 1.81 bits per heavy atom. The fourth-order valence-electron chi connectivity index (χ4n) is 2.60. The van der Waals surface area contributed by atoms with E-state index in [9.17, 15) is 0 Å². The third-order valence-corrected chi connectivity index (χ3v) is 4.45. The topological polar surface area (TPSA) is 27.7 Å². The highest BCUT2D eigenvalue weighted by Gasteiger charge is 1.97. The minimum Gasteiger partial charge on any atom is -0.494 e. The van der Waals surface area contributed by atoms with E-state index in [0.717, 1.165) is 83.2 Å². The minimum absolute atomic E-state index is 0.734. The van der Waals surface area contributed by atoms with Gasteiger partial charge in [0, 0.05) is 26.4 Å². The van der Waals surface area contributed by atoms with Gasteiger partial charge in [-0.2, -0.15) is 0 Å². The average Bonchev–Trinajstić information content (AvgIpc) is 2.65. The van der Waals surface area contributed by atoms with Gasteiger partial charge in [-0.05, 0) is 68.6 Å². The van der Waals surface area contributed by atoms with Crippen LogP contribution in [0.1, 0.15) is 71.3 Å². The number of rotatable bonds is 17. The molecule has 0 amide bonds. The lowest BCUT2D eigenvalue weighted by Gasteiger charge is -2.08. The summed E-state index contributed by atoms with van der Waals surface area (Å²) in [5, 5.41) is 0. The van der Waals surface area contributed by atoms with E-state index < -0.39 is 0 Å². The smallest absolute Gasteiger partial charge is 0.119 e. The molecule has 0 bridgehead atoms. The van der Waals surface area contributed by atoms with Gasteiger partial charge in [0.15, 0.2) is 0 Å². The fraction of sp³-hybridized carbons (Fsp3) is 0.739. The highest BCUT2D eigenvalue weighted by molar-refractivity contribution is 5.27. The zero-order valence-corrected chi connectivity index (χ0v) is 17.3. The monoisotopic (exact) mass is 364 g/mol. The van der Waals surface area contributed by atoms with E-state index in [1.165, 1.54) is 18.4 Å². The molecule has 0 spiro atoms. The Morgan fingerprint density at radius 1 is 0.692 bits per heavy atom. The second kappa shape index (κ2) is 16.1. The molecule has 0 heterocycles. The molecule has 0 saturated heterocycles. The molecule has 0 unspecified atom stereocenters. The molecular weight excluding hydrogens is 324 g/mol. The first-order chi connectivity index (χ1) is 12.7. The number of aryl methyl sites for hydroxylation is 1. The molecule has 0 aliphatic rings. The van der Waals surface area contributed by atoms with Crippen LogP contribution < -0.4 is 4.74 Å². The maximum absolute atomic E-state index is 5.78. The summed E-state index contributed by atoms with van der Waals surface area (Å²) < 4.78 is 17.1. The van der Waals surface area contributed by atoms with Crippen molar-refractivity contribution in [1.29, 1.82) is 0 Å². The summed E-state index contributed by atoms with van der Waals surface area (Å²) in [7, 11) is 0. The van der Waals surface area contributed by atoms with Crippen molar-refractivity contribution in [3.05, 3.63) is 29.8 Å². The maximum Gasteiger partial charge on any atom is 0.119 e. The van der Waals surface area contributed by atoms with Crippen molar-refractivity contribution in [3.63, 3.8) is 0 Å². The summed E-state index contributed by atoms with van der Waals surface area (Å²) in [6, 6.07) is 8.43. The number of hydrogen-bond acceptors (Lipinski definition) is 3. The van der Waals surface area contributed by atoms with Crippen LogP contribution in [-0.4, -0.2) is 33.0 Å². The van der Waals surface area contributed by atoms with Crippen LogP contribution in [0.5, 0.6) is 5.75 Å². The van der Waals surface area contributed by atoms with Gasteiger partial charge in [-0.3, -0.25) is 0 Å². The van der Waals surface area contributed by atoms with Crippen LogP contribution in [0.2, 0.25) is 0 Å². The van der Waals surface area contributed by atoms with Gasteiger partial charge in [-0.15, -0.1) is 0 Å². The van der Waals surface area contributed by atoms with Crippen molar-refractivity contribution in [1.82, 2.24) is 0 Å². The molecule has 0 aromatic heterocycles. The second-order valence-corrected chi connectivity index (χ2v) is 7.37. The van der Waals surface area contributed by atoms with Crippen molar-refractivity contribution in [2.24, 2.45) is 5.92 Å². The molecule has 0 aliphatic carbocycles. The Bertz CT molecular complexity index is 414. The summed E-state index contributed by atoms with van der Waals surface area (Å²) >= 11 is 0. The molecule has 0 saturated carbocycles. The van der Waals surface area contributed by atoms with E-state index in [1.54, 1.807) is 0 Å². The summed E-state index contributed by atoms with van der Waals surface area (Å²) in [5.41, 5.74) is 1.36. The summed E-state index contributed by atoms with van der Waals surface area (Å²) in [6.45, 7) is 11.0. The fourth-order valence-corrected chi connectivity index (χ4v) is 2.60. The highest BCUT2D eigenvalue weighted by atomic mass is 16.5. The first-order valence-electron chi connectivity index (χ1n) is 10.6. The number of unbranched alkanes of at least 4 members (excludes halogenated alkanes) is 4. The van der Waals surface area contributed by atoms with Crippen LogP contribution in [0.3, 0.4) is 0 Å². The maximum atomic E-state index is 5.78. The van der Waals surface area contributed by atoms with E-state index in [4.69, 9.17) is 14.2 Å². The van der Waals surface area contributed by atoms with E-state index >= 15 is 0 Å². The quantitative estimate of drug-likeness (QED) is 0.315. The molecule has 26 heavy (non-hydrogen) atoms. The molecular formula is C23H40O3. The Morgan fingerprint density at radius 2 is 1.23 bits per heavy atom. The lowest BCUT2D eigenvalue weighted by molar-refractivity contribution is 0.0963. The van der Waals surface area contributed by atoms with Gasteiger partial charge >= 0.3 is 0 Å². The Labute approximate surface area is 161 Å². The van der Waals surface area contributed by atoms with Crippen LogP contribution in [0.4, 0.5) is 0 Å². The van der Waals surface area contributed by atoms with Gasteiger partial charge in [0.1, 0.15) is 5.75 Å². The highest BCUT2D eigenvalue weighted by Crippen LogP contribution is 2.13. The molecule has 1 rings (SSSR count). The average molecular weight is 365 g/mol. The molecule has 0 atom stereocenters. The third-order valence-electron chi connectivity index (χ3n) is 4.45. The normalized spacial score (nSPS) is 11.2. The van der Waals surface area contributed by atoms with E-state index in [-0.39, 0.29) is 0 Å². The molecule has 0 N–H and O–H groups in total. The Hall–Kier alpha value is -1.06. The number of benzene rings is 1. The minimum atomic E-state index is 0.734. The van der Waals surface area contributed by atoms with Crippen molar-refractivity contribution < 1.29 is 14.2 Å². The predicted molar refractivity (Wildman–Crippen MR) is 110 cm³/mol. The van der Waals surface area contributed by atoms with Crippen molar-refractivity contribution in [2.45, 2.75) is 72.1 Å². The van der Waals surface area contributed by atoms with Gasteiger partial charge in [-0.1, -0.05) is 39.3 Å². The molecule has 1 aromatic carbocycles. The lowest BCUT2D eigenvalue weighted by atomic mass is 10.1. The third kappa shape index (κ3) is 13.2. The molecule has 0 fully saturated rings. The van der Waals surface area contributed by atoms with Crippen molar-refractivity contribution in [3.8, 4) is 5.75 Å².